The van der Waals surface area contributed by atoms with Gasteiger partial charge in [0.1, 0.15) is 4.99 Å². The lowest BCUT2D eigenvalue weighted by atomic mass is 10.3. The SMILES string of the molecule is CCNC(=O)Nc1nc(N2CCOCC2)c2nc(C(N)=S)n(C)c2n1. The standard InChI is InChI=1S/C14H20N8O2S/c1-3-16-14(23)20-13-18-10-8(17-12(9(15)25)21(10)2)11(19-13)22-4-6-24-7-5-22/h3-7H2,1-2H3,(H2,15,25)(H2,16,18,19,20,23). The van der Waals surface area contributed by atoms with Crippen LogP contribution in [0, 0.1) is 0 Å². The molecule has 3 heterocycles. The van der Waals surface area contributed by atoms with E-state index in [-0.39, 0.29) is 17.0 Å². The molecule has 25 heavy (non-hydrogen) atoms. The van der Waals surface area contributed by atoms with Crippen molar-refractivity contribution in [2.75, 3.05) is 43.1 Å². The van der Waals surface area contributed by atoms with E-state index in [9.17, 15) is 4.79 Å². The molecule has 2 aromatic rings. The van der Waals surface area contributed by atoms with Gasteiger partial charge in [-0.15, -0.1) is 0 Å². The summed E-state index contributed by atoms with van der Waals surface area (Å²) < 4.78 is 7.10. The number of hydrogen-bond acceptors (Lipinski definition) is 7. The molecule has 3 rings (SSSR count). The molecular weight excluding hydrogens is 344 g/mol. The highest BCUT2D eigenvalue weighted by molar-refractivity contribution is 7.80. The second-order valence-corrected chi connectivity index (χ2v) is 5.93. The van der Waals surface area contributed by atoms with E-state index in [1.165, 1.54) is 0 Å². The van der Waals surface area contributed by atoms with Gasteiger partial charge in [-0.05, 0) is 6.92 Å². The van der Waals surface area contributed by atoms with Crippen molar-refractivity contribution in [1.29, 1.82) is 0 Å². The van der Waals surface area contributed by atoms with Crippen molar-refractivity contribution in [2.24, 2.45) is 12.8 Å². The first-order chi connectivity index (χ1) is 12.0. The summed E-state index contributed by atoms with van der Waals surface area (Å²) in [6.45, 7) is 4.87. The van der Waals surface area contributed by atoms with Crippen molar-refractivity contribution in [3.63, 3.8) is 0 Å². The van der Waals surface area contributed by atoms with Gasteiger partial charge in [0.05, 0.1) is 13.2 Å². The first kappa shape index (κ1) is 17.3. The predicted molar refractivity (Wildman–Crippen MR) is 97.9 cm³/mol. The summed E-state index contributed by atoms with van der Waals surface area (Å²) in [5.74, 6) is 1.26. The fraction of sp³-hybridized carbons (Fsp3) is 0.500. The number of aryl methyl sites for hydroxylation is 1. The lowest BCUT2D eigenvalue weighted by Crippen LogP contribution is -2.37. The van der Waals surface area contributed by atoms with E-state index in [1.54, 1.807) is 11.6 Å². The quantitative estimate of drug-likeness (QED) is 0.647. The summed E-state index contributed by atoms with van der Waals surface area (Å²) in [5.41, 5.74) is 6.89. The summed E-state index contributed by atoms with van der Waals surface area (Å²) in [6, 6.07) is -0.369. The number of thiocarbonyl (C=S) groups is 1. The molecule has 0 aromatic carbocycles. The number of urea groups is 1. The maximum Gasteiger partial charge on any atom is 0.321 e. The smallest absolute Gasteiger partial charge is 0.321 e. The minimum Gasteiger partial charge on any atom is -0.387 e. The van der Waals surface area contributed by atoms with Gasteiger partial charge in [0, 0.05) is 26.7 Å². The van der Waals surface area contributed by atoms with Crippen LogP contribution in [0.4, 0.5) is 16.6 Å². The van der Waals surface area contributed by atoms with Gasteiger partial charge in [-0.2, -0.15) is 9.97 Å². The Kier molecular flexibility index (Phi) is 4.95. The van der Waals surface area contributed by atoms with E-state index < -0.39 is 0 Å². The highest BCUT2D eigenvalue weighted by atomic mass is 32.1. The largest absolute Gasteiger partial charge is 0.387 e. The van der Waals surface area contributed by atoms with E-state index in [0.717, 1.165) is 0 Å². The van der Waals surface area contributed by atoms with Gasteiger partial charge in [-0.25, -0.2) is 9.78 Å². The topological polar surface area (TPSA) is 123 Å². The number of anilines is 2. The van der Waals surface area contributed by atoms with Gasteiger partial charge in [-0.3, -0.25) is 5.32 Å². The maximum atomic E-state index is 11.8. The van der Waals surface area contributed by atoms with Crippen LogP contribution in [-0.2, 0) is 11.8 Å². The Hall–Kier alpha value is -2.53. The molecule has 2 amide bonds. The van der Waals surface area contributed by atoms with E-state index in [1.807, 2.05) is 11.8 Å². The number of nitrogens with one attached hydrogen (secondary N) is 2. The highest BCUT2D eigenvalue weighted by Crippen LogP contribution is 2.26. The molecule has 1 aliphatic heterocycles. The summed E-state index contributed by atoms with van der Waals surface area (Å²) in [5, 5.41) is 5.30. The Labute approximate surface area is 149 Å². The molecule has 0 radical (unpaired) electrons. The van der Waals surface area contributed by atoms with Crippen molar-refractivity contribution in [3.8, 4) is 0 Å². The zero-order valence-corrected chi connectivity index (χ0v) is 14.9. The molecule has 0 unspecified atom stereocenters. The maximum absolute atomic E-state index is 11.8. The first-order valence-electron chi connectivity index (χ1n) is 7.93. The average molecular weight is 364 g/mol. The van der Waals surface area contributed by atoms with Crippen molar-refractivity contribution >= 4 is 46.2 Å². The molecule has 4 N–H and O–H groups in total. The number of fused-ring (bicyclic) bond motifs is 1. The third kappa shape index (κ3) is 3.46. The number of rotatable bonds is 4. The van der Waals surface area contributed by atoms with Crippen LogP contribution >= 0.6 is 12.2 Å². The van der Waals surface area contributed by atoms with E-state index in [0.29, 0.717) is 55.7 Å². The molecule has 134 valence electrons. The molecule has 0 saturated carbocycles. The lowest BCUT2D eigenvalue weighted by Gasteiger charge is -2.28. The third-order valence-corrected chi connectivity index (χ3v) is 3.98. The normalized spacial score (nSPS) is 14.6. The van der Waals surface area contributed by atoms with Crippen molar-refractivity contribution in [3.05, 3.63) is 5.82 Å². The summed E-state index contributed by atoms with van der Waals surface area (Å²) >= 11 is 5.06. The Morgan fingerprint density at radius 3 is 2.68 bits per heavy atom. The summed E-state index contributed by atoms with van der Waals surface area (Å²) in [7, 11) is 1.77. The average Bonchev–Trinajstić information content (AvgIpc) is 2.92. The summed E-state index contributed by atoms with van der Waals surface area (Å²) in [6.07, 6.45) is 0. The molecule has 1 fully saturated rings. The number of carbonyl (C=O) groups excluding carboxylic acids is 1. The van der Waals surface area contributed by atoms with Gasteiger partial charge in [0.25, 0.3) is 0 Å². The zero-order chi connectivity index (χ0) is 18.0. The van der Waals surface area contributed by atoms with Gasteiger partial charge in [0.2, 0.25) is 5.95 Å². The van der Waals surface area contributed by atoms with Crippen LogP contribution in [0.15, 0.2) is 0 Å². The minimum atomic E-state index is -0.369. The Balaban J connectivity index is 2.10. The number of amides is 2. The first-order valence-corrected chi connectivity index (χ1v) is 8.34. The van der Waals surface area contributed by atoms with Crippen LogP contribution in [0.1, 0.15) is 12.7 Å². The van der Waals surface area contributed by atoms with Crippen molar-refractivity contribution in [1.82, 2.24) is 24.8 Å². The third-order valence-electron chi connectivity index (χ3n) is 3.79. The molecule has 1 saturated heterocycles. The van der Waals surface area contributed by atoms with Crippen LogP contribution in [0.2, 0.25) is 0 Å². The van der Waals surface area contributed by atoms with E-state index in [2.05, 4.69) is 25.6 Å². The molecular formula is C14H20N8O2S. The van der Waals surface area contributed by atoms with Crippen molar-refractivity contribution < 1.29 is 9.53 Å². The summed E-state index contributed by atoms with van der Waals surface area (Å²) in [4.78, 5) is 27.4. The van der Waals surface area contributed by atoms with Crippen LogP contribution in [-0.4, -0.2) is 63.4 Å². The number of ether oxygens (including phenoxy) is 1. The second-order valence-electron chi connectivity index (χ2n) is 5.49. The zero-order valence-electron chi connectivity index (χ0n) is 14.1. The fourth-order valence-corrected chi connectivity index (χ4v) is 2.81. The van der Waals surface area contributed by atoms with Crippen LogP contribution < -0.4 is 21.3 Å². The second kappa shape index (κ2) is 7.15. The molecule has 10 nitrogen and oxygen atoms in total. The molecule has 0 atom stereocenters. The van der Waals surface area contributed by atoms with E-state index in [4.69, 9.17) is 22.7 Å². The number of morpholine rings is 1. The van der Waals surface area contributed by atoms with Gasteiger partial charge in [0.15, 0.2) is 22.8 Å². The molecule has 2 aromatic heterocycles. The Morgan fingerprint density at radius 1 is 1.32 bits per heavy atom. The van der Waals surface area contributed by atoms with Crippen LogP contribution in [0.5, 0.6) is 0 Å². The predicted octanol–water partition coefficient (Wildman–Crippen LogP) is -0.0245. The number of imidazole rings is 1. The molecule has 0 spiro atoms. The monoisotopic (exact) mass is 364 g/mol. The van der Waals surface area contributed by atoms with Gasteiger partial charge >= 0.3 is 6.03 Å². The van der Waals surface area contributed by atoms with Crippen LogP contribution in [0.25, 0.3) is 11.2 Å². The number of hydrogen-bond donors (Lipinski definition) is 3. The number of carbonyl (C=O) groups is 1. The van der Waals surface area contributed by atoms with Crippen molar-refractivity contribution in [2.45, 2.75) is 6.92 Å². The number of nitrogens with two attached hydrogens (primary N) is 1. The molecule has 0 bridgehead atoms. The number of aromatic nitrogens is 4. The van der Waals surface area contributed by atoms with Crippen LogP contribution in [0.3, 0.4) is 0 Å². The molecule has 0 aliphatic carbocycles. The van der Waals surface area contributed by atoms with E-state index >= 15 is 0 Å². The Morgan fingerprint density at radius 2 is 2.04 bits per heavy atom. The van der Waals surface area contributed by atoms with Gasteiger partial charge in [-0.1, -0.05) is 12.2 Å². The Bertz CT molecular complexity index is 815. The molecule has 11 heteroatoms. The van der Waals surface area contributed by atoms with Gasteiger partial charge < -0.3 is 25.3 Å². The fourth-order valence-electron chi connectivity index (χ4n) is 2.62. The number of nitrogens with zero attached hydrogens (tertiary/aromatic N) is 5. The lowest BCUT2D eigenvalue weighted by molar-refractivity contribution is 0.122. The highest BCUT2D eigenvalue weighted by Gasteiger charge is 2.23. The minimum absolute atomic E-state index is 0.173. The molecule has 1 aliphatic rings.